The zero-order valence-electron chi connectivity index (χ0n) is 13.8. The van der Waals surface area contributed by atoms with Gasteiger partial charge in [-0.2, -0.15) is 0 Å². The molecule has 3 rings (SSSR count). The van der Waals surface area contributed by atoms with Crippen molar-refractivity contribution >= 4 is 17.1 Å². The SMILES string of the molecule is COc1cccc(C(=O)c2ccc(-c3ccc(OC)c(C)c3)s2)c1. The predicted molar refractivity (Wildman–Crippen MR) is 97.5 cm³/mol. The van der Waals surface area contributed by atoms with E-state index in [1.165, 1.54) is 11.3 Å². The van der Waals surface area contributed by atoms with E-state index in [1.54, 1.807) is 20.3 Å². The lowest BCUT2D eigenvalue weighted by molar-refractivity contribution is 0.104. The zero-order chi connectivity index (χ0) is 17.1. The number of carbonyl (C=O) groups excluding carboxylic acids is 1. The van der Waals surface area contributed by atoms with Gasteiger partial charge in [-0.15, -0.1) is 11.3 Å². The molecule has 0 radical (unpaired) electrons. The first kappa shape index (κ1) is 16.3. The highest BCUT2D eigenvalue weighted by molar-refractivity contribution is 7.17. The van der Waals surface area contributed by atoms with Crippen LogP contribution in [0.2, 0.25) is 0 Å². The molecule has 2 aromatic carbocycles. The number of ether oxygens (including phenoxy) is 2. The second-order valence-electron chi connectivity index (χ2n) is 5.41. The van der Waals surface area contributed by atoms with Crippen molar-refractivity contribution in [3.8, 4) is 21.9 Å². The molecule has 1 aromatic heterocycles. The van der Waals surface area contributed by atoms with Crippen LogP contribution in [0, 0.1) is 6.92 Å². The summed E-state index contributed by atoms with van der Waals surface area (Å²) in [5, 5.41) is 0. The van der Waals surface area contributed by atoms with E-state index in [0.29, 0.717) is 16.2 Å². The van der Waals surface area contributed by atoms with Crippen molar-refractivity contribution in [2.24, 2.45) is 0 Å². The smallest absolute Gasteiger partial charge is 0.203 e. The molecule has 0 aliphatic heterocycles. The summed E-state index contributed by atoms with van der Waals surface area (Å²) < 4.78 is 10.5. The molecule has 122 valence electrons. The Balaban J connectivity index is 1.90. The topological polar surface area (TPSA) is 35.5 Å². The number of hydrogen-bond donors (Lipinski definition) is 0. The number of benzene rings is 2. The van der Waals surface area contributed by atoms with Crippen molar-refractivity contribution in [3.05, 3.63) is 70.6 Å². The molecular weight excluding hydrogens is 320 g/mol. The summed E-state index contributed by atoms with van der Waals surface area (Å²) in [4.78, 5) is 14.4. The van der Waals surface area contributed by atoms with Gasteiger partial charge in [0.05, 0.1) is 19.1 Å². The number of rotatable bonds is 5. The van der Waals surface area contributed by atoms with Crippen LogP contribution in [-0.2, 0) is 0 Å². The summed E-state index contributed by atoms with van der Waals surface area (Å²) in [6.07, 6.45) is 0. The Kier molecular flexibility index (Phi) is 4.67. The lowest BCUT2D eigenvalue weighted by atomic mass is 10.1. The van der Waals surface area contributed by atoms with Crippen LogP contribution in [0.25, 0.3) is 10.4 Å². The lowest BCUT2D eigenvalue weighted by Crippen LogP contribution is -1.98. The van der Waals surface area contributed by atoms with Gasteiger partial charge in [0.1, 0.15) is 11.5 Å². The summed E-state index contributed by atoms with van der Waals surface area (Å²) in [5.41, 5.74) is 2.79. The summed E-state index contributed by atoms with van der Waals surface area (Å²) in [7, 11) is 3.26. The van der Waals surface area contributed by atoms with Crippen LogP contribution in [0.15, 0.2) is 54.6 Å². The van der Waals surface area contributed by atoms with Crippen LogP contribution in [0.4, 0.5) is 0 Å². The second kappa shape index (κ2) is 6.89. The number of thiophene rings is 1. The molecule has 0 fully saturated rings. The fourth-order valence-electron chi connectivity index (χ4n) is 2.55. The zero-order valence-corrected chi connectivity index (χ0v) is 14.6. The van der Waals surface area contributed by atoms with Gasteiger partial charge < -0.3 is 9.47 Å². The minimum absolute atomic E-state index is 0.00961. The molecule has 0 atom stereocenters. The van der Waals surface area contributed by atoms with Crippen molar-refractivity contribution in [2.45, 2.75) is 6.92 Å². The van der Waals surface area contributed by atoms with E-state index in [9.17, 15) is 4.79 Å². The van der Waals surface area contributed by atoms with Crippen LogP contribution in [0.5, 0.6) is 11.5 Å². The van der Waals surface area contributed by atoms with E-state index in [2.05, 4.69) is 6.07 Å². The van der Waals surface area contributed by atoms with E-state index in [-0.39, 0.29) is 5.78 Å². The standard InChI is InChI=1S/C20H18O3S/c1-13-11-14(7-8-17(13)23-3)18-9-10-19(24-18)20(21)15-5-4-6-16(12-15)22-2/h4-12H,1-3H3. The molecule has 0 bridgehead atoms. The van der Waals surface area contributed by atoms with Gasteiger partial charge in [0, 0.05) is 10.4 Å². The van der Waals surface area contributed by atoms with Crippen LogP contribution in [0.3, 0.4) is 0 Å². The average Bonchev–Trinajstić information content (AvgIpc) is 3.11. The fourth-order valence-corrected chi connectivity index (χ4v) is 3.52. The minimum Gasteiger partial charge on any atom is -0.497 e. The fraction of sp³-hybridized carbons (Fsp3) is 0.150. The van der Waals surface area contributed by atoms with Crippen LogP contribution >= 0.6 is 11.3 Å². The van der Waals surface area contributed by atoms with Gasteiger partial charge in [-0.3, -0.25) is 4.79 Å². The molecule has 0 N–H and O–H groups in total. The first-order valence-corrected chi connectivity index (χ1v) is 8.37. The molecular formula is C20H18O3S. The Labute approximate surface area is 145 Å². The maximum absolute atomic E-state index is 12.7. The molecule has 4 heteroatoms. The van der Waals surface area contributed by atoms with Gasteiger partial charge in [0.25, 0.3) is 0 Å². The largest absolute Gasteiger partial charge is 0.497 e. The molecule has 0 aliphatic rings. The maximum atomic E-state index is 12.7. The summed E-state index contributed by atoms with van der Waals surface area (Å²) in [5.74, 6) is 1.56. The van der Waals surface area contributed by atoms with Crippen LogP contribution in [-0.4, -0.2) is 20.0 Å². The number of hydrogen-bond acceptors (Lipinski definition) is 4. The first-order chi connectivity index (χ1) is 11.6. The summed E-state index contributed by atoms with van der Waals surface area (Å²) in [6.45, 7) is 2.01. The number of methoxy groups -OCH3 is 2. The molecule has 1 heterocycles. The van der Waals surface area contributed by atoms with E-state index in [4.69, 9.17) is 9.47 Å². The van der Waals surface area contributed by atoms with Crippen molar-refractivity contribution in [3.63, 3.8) is 0 Å². The summed E-state index contributed by atoms with van der Waals surface area (Å²) in [6, 6.07) is 17.1. The monoisotopic (exact) mass is 338 g/mol. The lowest BCUT2D eigenvalue weighted by Gasteiger charge is -2.06. The minimum atomic E-state index is 0.00961. The number of carbonyl (C=O) groups is 1. The van der Waals surface area contributed by atoms with Gasteiger partial charge in [-0.1, -0.05) is 12.1 Å². The third kappa shape index (κ3) is 3.19. The average molecular weight is 338 g/mol. The Hall–Kier alpha value is -2.59. The number of ketones is 1. The Morgan fingerprint density at radius 1 is 0.958 bits per heavy atom. The Morgan fingerprint density at radius 3 is 2.50 bits per heavy atom. The van der Waals surface area contributed by atoms with Crippen molar-refractivity contribution in [1.82, 2.24) is 0 Å². The molecule has 0 unspecified atom stereocenters. The highest BCUT2D eigenvalue weighted by Gasteiger charge is 2.14. The van der Waals surface area contributed by atoms with E-state index in [0.717, 1.165) is 21.8 Å². The molecule has 0 aliphatic carbocycles. The second-order valence-corrected chi connectivity index (χ2v) is 6.49. The summed E-state index contributed by atoms with van der Waals surface area (Å²) >= 11 is 1.49. The van der Waals surface area contributed by atoms with Crippen molar-refractivity contribution in [1.29, 1.82) is 0 Å². The highest BCUT2D eigenvalue weighted by Crippen LogP contribution is 2.32. The molecule has 0 saturated carbocycles. The normalized spacial score (nSPS) is 10.5. The van der Waals surface area contributed by atoms with Gasteiger partial charge >= 0.3 is 0 Å². The van der Waals surface area contributed by atoms with E-state index in [1.807, 2.05) is 49.4 Å². The highest BCUT2D eigenvalue weighted by atomic mass is 32.1. The van der Waals surface area contributed by atoms with Gasteiger partial charge in [0.2, 0.25) is 5.78 Å². The van der Waals surface area contributed by atoms with E-state index < -0.39 is 0 Å². The Morgan fingerprint density at radius 2 is 1.79 bits per heavy atom. The van der Waals surface area contributed by atoms with Crippen molar-refractivity contribution < 1.29 is 14.3 Å². The first-order valence-electron chi connectivity index (χ1n) is 7.56. The molecule has 0 spiro atoms. The van der Waals surface area contributed by atoms with E-state index >= 15 is 0 Å². The molecule has 0 saturated heterocycles. The quantitative estimate of drug-likeness (QED) is 0.616. The van der Waals surface area contributed by atoms with Crippen LogP contribution in [0.1, 0.15) is 20.8 Å². The van der Waals surface area contributed by atoms with Crippen LogP contribution < -0.4 is 9.47 Å². The molecule has 3 nitrogen and oxygen atoms in total. The molecule has 24 heavy (non-hydrogen) atoms. The number of aryl methyl sites for hydroxylation is 1. The van der Waals surface area contributed by atoms with Gasteiger partial charge in [0.15, 0.2) is 0 Å². The predicted octanol–water partition coefficient (Wildman–Crippen LogP) is 4.97. The maximum Gasteiger partial charge on any atom is 0.203 e. The Bertz CT molecular complexity index is 880. The van der Waals surface area contributed by atoms with Gasteiger partial charge in [-0.25, -0.2) is 0 Å². The third-order valence-electron chi connectivity index (χ3n) is 3.84. The van der Waals surface area contributed by atoms with Gasteiger partial charge in [-0.05, 0) is 60.5 Å². The molecule has 0 amide bonds. The molecule has 3 aromatic rings. The van der Waals surface area contributed by atoms with Crippen molar-refractivity contribution in [2.75, 3.05) is 14.2 Å². The third-order valence-corrected chi connectivity index (χ3v) is 4.97.